The van der Waals surface area contributed by atoms with Crippen LogP contribution in [0.15, 0.2) is 24.3 Å². The van der Waals surface area contributed by atoms with Crippen molar-refractivity contribution in [3.05, 3.63) is 24.3 Å². The van der Waals surface area contributed by atoms with Crippen LogP contribution in [0.3, 0.4) is 0 Å². The molecule has 2 rings (SSSR count). The Morgan fingerprint density at radius 2 is 2.06 bits per heavy atom. The van der Waals surface area contributed by atoms with Crippen LogP contribution in [-0.4, -0.2) is 6.10 Å². The monoisotopic (exact) mass is 233 g/mol. The molecule has 2 nitrogen and oxygen atoms in total. The van der Waals surface area contributed by atoms with Gasteiger partial charge in [0.15, 0.2) is 0 Å². The number of benzene rings is 1. The first-order valence-electron chi connectivity index (χ1n) is 6.47. The maximum Gasteiger partial charge on any atom is 0.121 e. The summed E-state index contributed by atoms with van der Waals surface area (Å²) in [6.07, 6.45) is 3.91. The topological polar surface area (TPSA) is 35.2 Å². The molecular formula is C15H23NO. The molecular weight excluding hydrogens is 210 g/mol. The summed E-state index contributed by atoms with van der Waals surface area (Å²) >= 11 is 0. The van der Waals surface area contributed by atoms with Crippen LogP contribution in [0.1, 0.15) is 40.0 Å². The van der Waals surface area contributed by atoms with Gasteiger partial charge in [-0.25, -0.2) is 0 Å². The zero-order valence-electron chi connectivity index (χ0n) is 11.1. The van der Waals surface area contributed by atoms with Crippen LogP contribution in [0, 0.1) is 11.3 Å². The van der Waals surface area contributed by atoms with Crippen molar-refractivity contribution in [2.75, 3.05) is 5.73 Å². The van der Waals surface area contributed by atoms with Crippen molar-refractivity contribution in [2.45, 2.75) is 46.1 Å². The van der Waals surface area contributed by atoms with E-state index in [9.17, 15) is 0 Å². The Bertz CT molecular complexity index is 386. The maximum atomic E-state index is 6.06. The van der Waals surface area contributed by atoms with Gasteiger partial charge in [-0.15, -0.1) is 0 Å². The molecule has 0 saturated heterocycles. The molecule has 2 atom stereocenters. The molecule has 0 heterocycles. The summed E-state index contributed by atoms with van der Waals surface area (Å²) in [7, 11) is 0. The summed E-state index contributed by atoms with van der Waals surface area (Å²) in [6.45, 7) is 6.98. The van der Waals surface area contributed by atoms with E-state index < -0.39 is 0 Å². The number of hydrogen-bond donors (Lipinski definition) is 1. The minimum Gasteiger partial charge on any atom is -0.490 e. The smallest absolute Gasteiger partial charge is 0.121 e. The third-order valence-corrected chi connectivity index (χ3v) is 3.51. The number of hydrogen-bond acceptors (Lipinski definition) is 2. The largest absolute Gasteiger partial charge is 0.490 e. The highest BCUT2D eigenvalue weighted by Gasteiger charge is 2.33. The minimum absolute atomic E-state index is 0.329. The highest BCUT2D eigenvalue weighted by Crippen LogP contribution is 2.40. The zero-order valence-corrected chi connectivity index (χ0v) is 11.1. The predicted octanol–water partition coefficient (Wildman–Crippen LogP) is 3.86. The molecule has 2 unspecified atom stereocenters. The van der Waals surface area contributed by atoms with E-state index in [1.807, 2.05) is 24.3 Å². The van der Waals surface area contributed by atoms with Gasteiger partial charge < -0.3 is 10.5 Å². The SMILES string of the molecule is CC1CC(Oc2cccc(N)c2)CC(C)(C)C1. The molecule has 0 spiro atoms. The van der Waals surface area contributed by atoms with Crippen molar-refractivity contribution in [3.8, 4) is 5.75 Å². The Hall–Kier alpha value is -1.18. The highest BCUT2D eigenvalue weighted by molar-refractivity contribution is 5.43. The quantitative estimate of drug-likeness (QED) is 0.787. The van der Waals surface area contributed by atoms with E-state index in [-0.39, 0.29) is 0 Å². The van der Waals surface area contributed by atoms with Gasteiger partial charge in [0, 0.05) is 11.8 Å². The number of anilines is 1. The maximum absolute atomic E-state index is 6.06. The molecule has 2 N–H and O–H groups in total. The van der Waals surface area contributed by atoms with Gasteiger partial charge >= 0.3 is 0 Å². The molecule has 1 aliphatic carbocycles. The first-order chi connectivity index (χ1) is 7.94. The average Bonchev–Trinajstić information content (AvgIpc) is 2.13. The normalized spacial score (nSPS) is 27.7. The highest BCUT2D eigenvalue weighted by atomic mass is 16.5. The van der Waals surface area contributed by atoms with E-state index in [2.05, 4.69) is 20.8 Å². The molecule has 1 fully saturated rings. The summed E-state index contributed by atoms with van der Waals surface area (Å²) in [4.78, 5) is 0. The molecule has 0 aliphatic heterocycles. The zero-order chi connectivity index (χ0) is 12.5. The molecule has 2 heteroatoms. The Morgan fingerprint density at radius 1 is 1.29 bits per heavy atom. The Balaban J connectivity index is 2.03. The van der Waals surface area contributed by atoms with Gasteiger partial charge in [-0.3, -0.25) is 0 Å². The minimum atomic E-state index is 0.329. The second-order valence-electron chi connectivity index (χ2n) is 6.23. The van der Waals surface area contributed by atoms with Gasteiger partial charge in [0.25, 0.3) is 0 Å². The number of ether oxygens (including phenoxy) is 1. The lowest BCUT2D eigenvalue weighted by molar-refractivity contribution is 0.0563. The van der Waals surface area contributed by atoms with Crippen LogP contribution < -0.4 is 10.5 Å². The van der Waals surface area contributed by atoms with E-state index in [1.54, 1.807) is 0 Å². The molecule has 1 saturated carbocycles. The molecule has 1 aromatic carbocycles. The van der Waals surface area contributed by atoms with Crippen molar-refractivity contribution in [2.24, 2.45) is 11.3 Å². The summed E-state index contributed by atoms with van der Waals surface area (Å²) in [6, 6.07) is 7.73. The second-order valence-corrected chi connectivity index (χ2v) is 6.23. The predicted molar refractivity (Wildman–Crippen MR) is 72.1 cm³/mol. The van der Waals surface area contributed by atoms with Crippen LogP contribution in [0.4, 0.5) is 5.69 Å². The first-order valence-corrected chi connectivity index (χ1v) is 6.47. The molecule has 1 aliphatic rings. The second kappa shape index (κ2) is 4.59. The third-order valence-electron chi connectivity index (χ3n) is 3.51. The molecule has 17 heavy (non-hydrogen) atoms. The van der Waals surface area contributed by atoms with Gasteiger partial charge in [-0.1, -0.05) is 26.8 Å². The lowest BCUT2D eigenvalue weighted by atomic mass is 9.71. The van der Waals surface area contributed by atoms with Crippen LogP contribution in [0.25, 0.3) is 0 Å². The number of nitrogens with two attached hydrogens (primary N) is 1. The molecule has 1 aromatic rings. The van der Waals surface area contributed by atoms with Gasteiger partial charge in [-0.05, 0) is 42.7 Å². The van der Waals surface area contributed by atoms with Crippen molar-refractivity contribution in [3.63, 3.8) is 0 Å². The Morgan fingerprint density at radius 3 is 2.71 bits per heavy atom. The molecule has 0 bridgehead atoms. The van der Waals surface area contributed by atoms with E-state index in [0.29, 0.717) is 11.5 Å². The van der Waals surface area contributed by atoms with Gasteiger partial charge in [-0.2, -0.15) is 0 Å². The van der Waals surface area contributed by atoms with E-state index in [1.165, 1.54) is 6.42 Å². The van der Waals surface area contributed by atoms with Gasteiger partial charge in [0.2, 0.25) is 0 Å². The van der Waals surface area contributed by atoms with Gasteiger partial charge in [0.05, 0.1) is 6.10 Å². The number of nitrogen functional groups attached to an aromatic ring is 1. The summed E-state index contributed by atoms with van der Waals surface area (Å²) < 4.78 is 6.06. The Labute approximate surface area is 104 Å². The van der Waals surface area contributed by atoms with Crippen molar-refractivity contribution < 1.29 is 4.74 Å². The fourth-order valence-corrected chi connectivity index (χ4v) is 3.13. The number of rotatable bonds is 2. The molecule has 0 radical (unpaired) electrons. The first kappa shape index (κ1) is 12.3. The summed E-state index contributed by atoms with van der Waals surface area (Å²) in [5.41, 5.74) is 6.92. The fraction of sp³-hybridized carbons (Fsp3) is 0.600. The van der Waals surface area contributed by atoms with E-state index in [0.717, 1.165) is 30.2 Å². The van der Waals surface area contributed by atoms with Gasteiger partial charge in [0.1, 0.15) is 5.75 Å². The standard InChI is InChI=1S/C15H23NO/c1-11-7-14(10-15(2,3)9-11)17-13-6-4-5-12(16)8-13/h4-6,8,11,14H,7,9-10,16H2,1-3H3. The average molecular weight is 233 g/mol. The Kier molecular flexibility index (Phi) is 3.32. The van der Waals surface area contributed by atoms with E-state index in [4.69, 9.17) is 10.5 Å². The van der Waals surface area contributed by atoms with Crippen molar-refractivity contribution in [1.29, 1.82) is 0 Å². The molecule has 94 valence electrons. The van der Waals surface area contributed by atoms with Crippen molar-refractivity contribution >= 4 is 5.69 Å². The lowest BCUT2D eigenvalue weighted by Gasteiger charge is -2.38. The fourth-order valence-electron chi connectivity index (χ4n) is 3.13. The van der Waals surface area contributed by atoms with Crippen LogP contribution in [0.5, 0.6) is 5.75 Å². The van der Waals surface area contributed by atoms with E-state index >= 15 is 0 Å². The van der Waals surface area contributed by atoms with Crippen LogP contribution in [0.2, 0.25) is 0 Å². The molecule has 0 aromatic heterocycles. The lowest BCUT2D eigenvalue weighted by Crippen LogP contribution is -2.34. The van der Waals surface area contributed by atoms with Crippen LogP contribution >= 0.6 is 0 Å². The molecule has 0 amide bonds. The van der Waals surface area contributed by atoms with Crippen molar-refractivity contribution in [1.82, 2.24) is 0 Å². The summed E-state index contributed by atoms with van der Waals surface area (Å²) in [5, 5.41) is 0. The third kappa shape index (κ3) is 3.39. The van der Waals surface area contributed by atoms with Crippen LogP contribution in [-0.2, 0) is 0 Å². The summed E-state index contributed by atoms with van der Waals surface area (Å²) in [5.74, 6) is 1.64.